The van der Waals surface area contributed by atoms with Gasteiger partial charge in [-0.3, -0.25) is 4.57 Å². The first kappa shape index (κ1) is 36.3. The minimum Gasteiger partial charge on any atom is -0.457 e. The van der Waals surface area contributed by atoms with Crippen molar-refractivity contribution < 1.29 is 9.13 Å². The summed E-state index contributed by atoms with van der Waals surface area (Å²) < 4.78 is 23.5. The van der Waals surface area contributed by atoms with Crippen LogP contribution in [0.15, 0.2) is 140 Å². The SMILES string of the molecule is CCc1cc(Oc2ccc3c4ccccc4n(-c4cc(C)ccn4)c3c2)cc(N2CN(c3c(C(C)C)cc(-c4cccc(F)c4)cc3C(C)C)c3ccccc32)c1. The Kier molecular flexibility index (Phi) is 9.28. The molecule has 6 heteroatoms. The average molecular weight is 751 g/mol. The Morgan fingerprint density at radius 2 is 1.37 bits per heavy atom. The molecule has 0 saturated heterocycles. The van der Waals surface area contributed by atoms with E-state index in [4.69, 9.17) is 9.72 Å². The van der Waals surface area contributed by atoms with Gasteiger partial charge in [0.25, 0.3) is 0 Å². The van der Waals surface area contributed by atoms with Gasteiger partial charge in [-0.15, -0.1) is 0 Å². The lowest BCUT2D eigenvalue weighted by Gasteiger charge is -2.30. The lowest BCUT2D eigenvalue weighted by Crippen LogP contribution is -2.26. The van der Waals surface area contributed by atoms with Crippen molar-refractivity contribution in [3.05, 3.63) is 168 Å². The van der Waals surface area contributed by atoms with Gasteiger partial charge < -0.3 is 14.5 Å². The van der Waals surface area contributed by atoms with E-state index < -0.39 is 0 Å². The first-order valence-corrected chi connectivity index (χ1v) is 20.0. The number of fused-ring (bicyclic) bond motifs is 4. The van der Waals surface area contributed by atoms with Crippen LogP contribution < -0.4 is 14.5 Å². The molecule has 0 aliphatic carbocycles. The fourth-order valence-electron chi connectivity index (χ4n) is 8.43. The number of para-hydroxylation sites is 3. The van der Waals surface area contributed by atoms with Gasteiger partial charge in [0, 0.05) is 40.5 Å². The second-order valence-corrected chi connectivity index (χ2v) is 15.8. The van der Waals surface area contributed by atoms with Gasteiger partial charge in [-0.25, -0.2) is 9.37 Å². The normalized spacial score (nSPS) is 12.7. The summed E-state index contributed by atoms with van der Waals surface area (Å²) in [7, 11) is 0. The van der Waals surface area contributed by atoms with E-state index in [1.54, 1.807) is 12.1 Å². The van der Waals surface area contributed by atoms with Crippen molar-refractivity contribution in [3.63, 3.8) is 0 Å². The van der Waals surface area contributed by atoms with Crippen LogP contribution in [0.1, 0.15) is 68.7 Å². The van der Waals surface area contributed by atoms with Crippen molar-refractivity contribution in [3.8, 4) is 28.4 Å². The number of pyridine rings is 1. The van der Waals surface area contributed by atoms with E-state index in [0.29, 0.717) is 6.67 Å². The number of hydrogen-bond acceptors (Lipinski definition) is 4. The summed E-state index contributed by atoms with van der Waals surface area (Å²) >= 11 is 0. The van der Waals surface area contributed by atoms with Crippen LogP contribution in [-0.2, 0) is 6.42 Å². The predicted molar refractivity (Wildman–Crippen MR) is 235 cm³/mol. The first-order valence-electron chi connectivity index (χ1n) is 20.0. The van der Waals surface area contributed by atoms with Gasteiger partial charge in [0.1, 0.15) is 29.8 Å². The van der Waals surface area contributed by atoms with Crippen LogP contribution in [0.2, 0.25) is 0 Å². The van der Waals surface area contributed by atoms with Crippen LogP contribution in [0.5, 0.6) is 11.5 Å². The minimum absolute atomic E-state index is 0.223. The van der Waals surface area contributed by atoms with Gasteiger partial charge in [-0.2, -0.15) is 0 Å². The third-order valence-corrected chi connectivity index (χ3v) is 11.3. The summed E-state index contributed by atoms with van der Waals surface area (Å²) in [6, 6.07) is 45.8. The number of nitrogens with zero attached hydrogens (tertiary/aromatic N) is 4. The zero-order chi connectivity index (χ0) is 39.4. The largest absolute Gasteiger partial charge is 0.457 e. The number of benzene rings is 6. The molecular weight excluding hydrogens is 704 g/mol. The highest BCUT2D eigenvalue weighted by Gasteiger charge is 2.32. The maximum absolute atomic E-state index is 14.4. The zero-order valence-electron chi connectivity index (χ0n) is 33.4. The van der Waals surface area contributed by atoms with Crippen LogP contribution in [0.3, 0.4) is 0 Å². The third kappa shape index (κ3) is 6.59. The maximum Gasteiger partial charge on any atom is 0.137 e. The molecule has 0 radical (unpaired) electrons. The Labute approximate surface area is 334 Å². The number of rotatable bonds is 9. The Bertz CT molecular complexity index is 2770. The summed E-state index contributed by atoms with van der Waals surface area (Å²) in [5.74, 6) is 2.71. The standard InChI is InChI=1S/C51H47FN4O/c1-7-35-24-39(29-41(25-35)57-40-19-20-43-42-15-8-9-16-46(42)56(49(43)30-40)50-23-34(6)21-22-53-50)54-31-55(48-18-11-10-17-47(48)54)51-44(32(2)3)27-37(28-45(51)33(4)5)36-13-12-14-38(52)26-36/h8-30,32-33H,7,31H2,1-6H3. The van der Waals surface area contributed by atoms with Crippen molar-refractivity contribution in [2.75, 3.05) is 16.5 Å². The van der Waals surface area contributed by atoms with Crippen LogP contribution >= 0.6 is 0 Å². The summed E-state index contributed by atoms with van der Waals surface area (Å²) in [5, 5.41) is 2.34. The Morgan fingerprint density at radius 1 is 0.649 bits per heavy atom. The molecule has 0 saturated carbocycles. The molecular formula is C51H47FN4O. The van der Waals surface area contributed by atoms with E-state index in [0.717, 1.165) is 73.9 Å². The molecule has 1 aliphatic heterocycles. The number of anilines is 4. The predicted octanol–water partition coefficient (Wildman–Crippen LogP) is 14.1. The lowest BCUT2D eigenvalue weighted by atomic mass is 9.87. The topological polar surface area (TPSA) is 33.5 Å². The molecule has 0 spiro atoms. The second-order valence-electron chi connectivity index (χ2n) is 15.8. The molecule has 2 aromatic heterocycles. The zero-order valence-corrected chi connectivity index (χ0v) is 33.4. The number of ether oxygens (including phenoxy) is 1. The molecule has 8 aromatic rings. The fourth-order valence-corrected chi connectivity index (χ4v) is 8.43. The van der Waals surface area contributed by atoms with Gasteiger partial charge in [-0.1, -0.05) is 77.1 Å². The number of hydrogen-bond donors (Lipinski definition) is 0. The highest BCUT2D eigenvalue weighted by Crippen LogP contribution is 2.50. The number of halogens is 1. The molecule has 0 bridgehead atoms. The van der Waals surface area contributed by atoms with E-state index >= 15 is 0 Å². The molecule has 284 valence electrons. The van der Waals surface area contributed by atoms with Gasteiger partial charge in [0.15, 0.2) is 0 Å². The van der Waals surface area contributed by atoms with Crippen molar-refractivity contribution in [1.82, 2.24) is 9.55 Å². The van der Waals surface area contributed by atoms with Gasteiger partial charge in [-0.05, 0) is 137 Å². The molecule has 9 rings (SSSR count). The summed E-state index contributed by atoms with van der Waals surface area (Å²) in [6.45, 7) is 13.9. The quantitative estimate of drug-likeness (QED) is 0.147. The molecule has 0 fully saturated rings. The second kappa shape index (κ2) is 14.6. The molecule has 6 aromatic carbocycles. The van der Waals surface area contributed by atoms with Gasteiger partial charge in [0.05, 0.1) is 22.4 Å². The number of aryl methyl sites for hydroxylation is 2. The van der Waals surface area contributed by atoms with Crippen LogP contribution in [0, 0.1) is 12.7 Å². The summed E-state index contributed by atoms with van der Waals surface area (Å²) in [4.78, 5) is 9.65. The minimum atomic E-state index is -0.223. The van der Waals surface area contributed by atoms with Gasteiger partial charge >= 0.3 is 0 Å². The smallest absolute Gasteiger partial charge is 0.137 e. The van der Waals surface area contributed by atoms with E-state index in [9.17, 15) is 4.39 Å². The third-order valence-electron chi connectivity index (χ3n) is 11.3. The molecule has 5 nitrogen and oxygen atoms in total. The number of aromatic nitrogens is 2. The highest BCUT2D eigenvalue weighted by molar-refractivity contribution is 6.09. The Hall–Kier alpha value is -6.40. The van der Waals surface area contributed by atoms with Crippen LogP contribution in [0.4, 0.5) is 27.1 Å². The molecule has 1 aliphatic rings. The summed E-state index contributed by atoms with van der Waals surface area (Å²) in [5.41, 5.74) is 13.6. The molecule has 0 atom stereocenters. The van der Waals surface area contributed by atoms with E-state index in [2.05, 4.69) is 159 Å². The first-order chi connectivity index (χ1) is 27.7. The highest BCUT2D eigenvalue weighted by atomic mass is 19.1. The van der Waals surface area contributed by atoms with Crippen LogP contribution in [-0.4, -0.2) is 16.2 Å². The Morgan fingerprint density at radius 3 is 2.09 bits per heavy atom. The monoisotopic (exact) mass is 750 g/mol. The summed E-state index contributed by atoms with van der Waals surface area (Å²) in [6.07, 6.45) is 2.74. The van der Waals surface area contributed by atoms with Gasteiger partial charge in [0.2, 0.25) is 0 Å². The fraction of sp³-hybridized carbons (Fsp3) is 0.196. The molecule has 0 amide bonds. The van der Waals surface area contributed by atoms with Crippen LogP contribution in [0.25, 0.3) is 38.8 Å². The maximum atomic E-state index is 14.4. The van der Waals surface area contributed by atoms with E-state index in [1.165, 1.54) is 33.8 Å². The van der Waals surface area contributed by atoms with Crippen molar-refractivity contribution in [2.24, 2.45) is 0 Å². The van der Waals surface area contributed by atoms with Crippen molar-refractivity contribution in [2.45, 2.75) is 59.8 Å². The molecule has 0 unspecified atom stereocenters. The van der Waals surface area contributed by atoms with E-state index in [1.807, 2.05) is 18.3 Å². The lowest BCUT2D eigenvalue weighted by molar-refractivity contribution is 0.482. The molecule has 0 N–H and O–H groups in total. The van der Waals surface area contributed by atoms with E-state index in [-0.39, 0.29) is 17.7 Å². The molecule has 57 heavy (non-hydrogen) atoms. The van der Waals surface area contributed by atoms with Crippen molar-refractivity contribution in [1.29, 1.82) is 0 Å². The molecule has 3 heterocycles. The van der Waals surface area contributed by atoms with Crippen molar-refractivity contribution >= 4 is 44.6 Å². The average Bonchev–Trinajstić information content (AvgIpc) is 3.76. The Balaban J connectivity index is 1.12.